The summed E-state index contributed by atoms with van der Waals surface area (Å²) in [5, 5.41) is 8.62. The highest BCUT2D eigenvalue weighted by Gasteiger charge is 2.20. The van der Waals surface area contributed by atoms with Crippen LogP contribution >= 0.6 is 0 Å². The van der Waals surface area contributed by atoms with Crippen molar-refractivity contribution >= 4 is 5.82 Å². The fourth-order valence-electron chi connectivity index (χ4n) is 1.23. The molecular weight excluding hydrogens is 247 g/mol. The van der Waals surface area contributed by atoms with Crippen molar-refractivity contribution in [2.24, 2.45) is 0 Å². The molecule has 8 heteroatoms. The molecule has 1 rings (SSSR count). The largest absolute Gasteiger partial charge is 0.395 e. The zero-order valence-corrected chi connectivity index (χ0v) is 8.51. The smallest absolute Gasteiger partial charge is 0.255 e. The fraction of sp³-hybridized carbons (Fsp3) is 0.444. The van der Waals surface area contributed by atoms with Crippen LogP contribution < -0.4 is 4.90 Å². The van der Waals surface area contributed by atoms with Gasteiger partial charge >= 0.3 is 0 Å². The van der Waals surface area contributed by atoms with Gasteiger partial charge in [-0.05, 0) is 0 Å². The molecule has 0 fully saturated rings. The topological polar surface area (TPSA) is 36.4 Å². The third kappa shape index (κ3) is 3.52. The van der Waals surface area contributed by atoms with Crippen LogP contribution in [-0.2, 0) is 0 Å². The van der Waals surface area contributed by atoms with Gasteiger partial charge in [-0.1, -0.05) is 0 Å². The number of aliphatic hydroxyl groups excluding tert-OH is 1. The average Bonchev–Trinajstić information content (AvgIpc) is 2.22. The second kappa shape index (κ2) is 5.76. The first-order valence-corrected chi connectivity index (χ1v) is 4.61. The molecule has 0 aliphatic carbocycles. The van der Waals surface area contributed by atoms with Gasteiger partial charge in [0.2, 0.25) is 0 Å². The van der Waals surface area contributed by atoms with Gasteiger partial charge in [-0.3, -0.25) is 0 Å². The van der Waals surface area contributed by atoms with Crippen LogP contribution in [0.3, 0.4) is 0 Å². The summed E-state index contributed by atoms with van der Waals surface area (Å²) in [5.41, 5.74) is 0. The summed E-state index contributed by atoms with van der Waals surface area (Å²) in [4.78, 5) is 3.55. The summed E-state index contributed by atoms with van der Waals surface area (Å²) in [6.45, 7) is -1.85. The number of halogens is 5. The van der Waals surface area contributed by atoms with Gasteiger partial charge < -0.3 is 10.0 Å². The Morgan fingerprint density at radius 3 is 2.41 bits per heavy atom. The molecule has 0 amide bonds. The van der Waals surface area contributed by atoms with E-state index in [9.17, 15) is 22.0 Å². The van der Waals surface area contributed by atoms with Crippen LogP contribution in [0.2, 0.25) is 0 Å². The minimum atomic E-state index is -2.82. The van der Waals surface area contributed by atoms with Gasteiger partial charge in [-0.15, -0.1) is 0 Å². The summed E-state index contributed by atoms with van der Waals surface area (Å²) in [7, 11) is 0. The molecule has 3 nitrogen and oxygen atoms in total. The number of alkyl halides is 2. The van der Waals surface area contributed by atoms with Gasteiger partial charge in [-0.25, -0.2) is 17.6 Å². The lowest BCUT2D eigenvalue weighted by molar-refractivity contribution is 0.152. The molecule has 0 radical (unpaired) electrons. The minimum Gasteiger partial charge on any atom is -0.395 e. The van der Waals surface area contributed by atoms with E-state index in [0.717, 1.165) is 0 Å². The Labute approximate surface area is 93.5 Å². The van der Waals surface area contributed by atoms with Crippen molar-refractivity contribution in [3.05, 3.63) is 23.6 Å². The predicted molar refractivity (Wildman–Crippen MR) is 49.4 cm³/mol. The quantitative estimate of drug-likeness (QED) is 0.641. The summed E-state index contributed by atoms with van der Waals surface area (Å²) in [5.74, 6) is -5.11. The van der Waals surface area contributed by atoms with Crippen molar-refractivity contribution in [1.82, 2.24) is 4.98 Å². The van der Waals surface area contributed by atoms with Gasteiger partial charge in [-0.2, -0.15) is 9.37 Å². The molecule has 0 atom stereocenters. The summed E-state index contributed by atoms with van der Waals surface area (Å²) in [6, 6.07) is 0.216. The van der Waals surface area contributed by atoms with Crippen molar-refractivity contribution in [3.63, 3.8) is 0 Å². The second-order valence-electron chi connectivity index (χ2n) is 3.13. The van der Waals surface area contributed by atoms with Gasteiger partial charge in [0.05, 0.1) is 13.2 Å². The Hall–Kier alpha value is -1.44. The van der Waals surface area contributed by atoms with Gasteiger partial charge in [0.25, 0.3) is 12.4 Å². The van der Waals surface area contributed by atoms with Crippen molar-refractivity contribution in [3.8, 4) is 0 Å². The second-order valence-corrected chi connectivity index (χ2v) is 3.13. The third-order valence-corrected chi connectivity index (χ3v) is 1.90. The Balaban J connectivity index is 3.04. The van der Waals surface area contributed by atoms with Gasteiger partial charge in [0.15, 0.2) is 17.5 Å². The standard InChI is InChI=1S/C9H9F5N2O/c10-5-3-6(11)9(15-8(5)14)16(1-2-17)4-7(12)13/h3,7,17H,1-2,4H2. The molecule has 1 heterocycles. The van der Waals surface area contributed by atoms with Crippen LogP contribution in [0.25, 0.3) is 0 Å². The molecule has 0 saturated carbocycles. The van der Waals surface area contributed by atoms with E-state index in [1.807, 2.05) is 0 Å². The Bertz CT molecular complexity index is 388. The first-order valence-electron chi connectivity index (χ1n) is 4.61. The molecule has 0 saturated heterocycles. The maximum Gasteiger partial charge on any atom is 0.255 e. The molecule has 1 N–H and O–H groups in total. The first kappa shape index (κ1) is 13.6. The molecule has 1 aromatic rings. The SMILES string of the molecule is OCCN(CC(F)F)c1nc(F)c(F)cc1F. The molecular formula is C9H9F5N2O. The number of aromatic nitrogens is 1. The Morgan fingerprint density at radius 2 is 1.88 bits per heavy atom. The van der Waals surface area contributed by atoms with E-state index in [0.29, 0.717) is 4.90 Å². The van der Waals surface area contributed by atoms with Crippen molar-refractivity contribution < 1.29 is 27.1 Å². The highest BCUT2D eigenvalue weighted by molar-refractivity contribution is 5.40. The van der Waals surface area contributed by atoms with Gasteiger partial charge in [0, 0.05) is 12.6 Å². The van der Waals surface area contributed by atoms with Gasteiger partial charge in [0.1, 0.15) is 0 Å². The highest BCUT2D eigenvalue weighted by atomic mass is 19.3. The lowest BCUT2D eigenvalue weighted by atomic mass is 10.3. The highest BCUT2D eigenvalue weighted by Crippen LogP contribution is 2.19. The van der Waals surface area contributed by atoms with E-state index in [1.54, 1.807) is 0 Å². The molecule has 0 bridgehead atoms. The summed E-state index contributed by atoms with van der Waals surface area (Å²) >= 11 is 0. The molecule has 17 heavy (non-hydrogen) atoms. The maximum absolute atomic E-state index is 13.2. The normalized spacial score (nSPS) is 11.0. The van der Waals surface area contributed by atoms with Crippen LogP contribution in [0.5, 0.6) is 0 Å². The first-order chi connectivity index (χ1) is 7.95. The molecule has 0 aliphatic heterocycles. The summed E-state index contributed by atoms with van der Waals surface area (Å²) in [6.07, 6.45) is -2.82. The van der Waals surface area contributed by atoms with Crippen molar-refractivity contribution in [2.75, 3.05) is 24.6 Å². The molecule has 0 spiro atoms. The van der Waals surface area contributed by atoms with Crippen LogP contribution in [0.1, 0.15) is 0 Å². The van der Waals surface area contributed by atoms with Crippen LogP contribution in [0.4, 0.5) is 27.8 Å². The lowest BCUT2D eigenvalue weighted by Crippen LogP contribution is -2.33. The zero-order valence-electron chi connectivity index (χ0n) is 8.51. The minimum absolute atomic E-state index is 0.216. The van der Waals surface area contributed by atoms with E-state index in [-0.39, 0.29) is 12.6 Å². The van der Waals surface area contributed by atoms with Crippen molar-refractivity contribution in [1.29, 1.82) is 0 Å². The monoisotopic (exact) mass is 256 g/mol. The van der Waals surface area contributed by atoms with E-state index in [1.165, 1.54) is 0 Å². The Kier molecular flexibility index (Phi) is 4.62. The van der Waals surface area contributed by atoms with E-state index >= 15 is 0 Å². The number of anilines is 1. The summed E-state index contributed by atoms with van der Waals surface area (Å²) < 4.78 is 62.9. The maximum atomic E-state index is 13.2. The van der Waals surface area contributed by atoms with Crippen LogP contribution in [0.15, 0.2) is 6.07 Å². The average molecular weight is 256 g/mol. The lowest BCUT2D eigenvalue weighted by Gasteiger charge is -2.22. The van der Waals surface area contributed by atoms with Crippen LogP contribution in [0, 0.1) is 17.6 Å². The number of aliphatic hydroxyl groups is 1. The number of rotatable bonds is 5. The van der Waals surface area contributed by atoms with Crippen LogP contribution in [-0.4, -0.2) is 36.2 Å². The van der Waals surface area contributed by atoms with Crippen molar-refractivity contribution in [2.45, 2.75) is 6.43 Å². The third-order valence-electron chi connectivity index (χ3n) is 1.90. The molecule has 0 aliphatic rings. The predicted octanol–water partition coefficient (Wildman–Crippen LogP) is 1.56. The number of hydrogen-bond donors (Lipinski definition) is 1. The zero-order chi connectivity index (χ0) is 13.0. The molecule has 0 unspecified atom stereocenters. The molecule has 96 valence electrons. The number of nitrogens with zero attached hydrogens (tertiary/aromatic N) is 2. The fourth-order valence-corrected chi connectivity index (χ4v) is 1.23. The number of hydrogen-bond acceptors (Lipinski definition) is 3. The van der Waals surface area contributed by atoms with E-state index < -0.39 is 43.0 Å². The van der Waals surface area contributed by atoms with E-state index in [2.05, 4.69) is 4.98 Å². The molecule has 1 aromatic heterocycles. The van der Waals surface area contributed by atoms with E-state index in [4.69, 9.17) is 5.11 Å². The Morgan fingerprint density at radius 1 is 1.24 bits per heavy atom. The molecule has 0 aromatic carbocycles. The number of pyridine rings is 1.